The fourth-order valence-corrected chi connectivity index (χ4v) is 1.06. The van der Waals surface area contributed by atoms with Gasteiger partial charge in [0.1, 0.15) is 6.29 Å². The van der Waals surface area contributed by atoms with Crippen LogP contribution in [0.5, 0.6) is 0 Å². The van der Waals surface area contributed by atoms with E-state index in [1.807, 2.05) is 32.1 Å². The highest BCUT2D eigenvalue weighted by atomic mass is 16.1. The maximum atomic E-state index is 10.5. The van der Waals surface area contributed by atoms with E-state index >= 15 is 0 Å². The van der Waals surface area contributed by atoms with Gasteiger partial charge < -0.3 is 5.73 Å². The molecule has 3 N–H and O–H groups in total. The van der Waals surface area contributed by atoms with E-state index < -0.39 is 0 Å². The molecule has 0 aromatic heterocycles. The quantitative estimate of drug-likeness (QED) is 0.222. The zero-order valence-corrected chi connectivity index (χ0v) is 8.08. The molecule has 0 bridgehead atoms. The molecule has 0 aliphatic rings. The summed E-state index contributed by atoms with van der Waals surface area (Å²) in [4.78, 5) is 10.5. The molecular formula is C10H16N2O. The Labute approximate surface area is 78.8 Å². The fraction of sp³-hybridized carbons (Fsp3) is 0.400. The van der Waals surface area contributed by atoms with Crippen molar-refractivity contribution < 1.29 is 4.79 Å². The number of hydrogen-bond acceptors (Lipinski definition) is 2. The molecule has 0 saturated heterocycles. The molecular weight excluding hydrogens is 164 g/mol. The molecule has 3 heteroatoms. The number of aldehydes is 1. The van der Waals surface area contributed by atoms with Gasteiger partial charge in [-0.1, -0.05) is 25.2 Å². The van der Waals surface area contributed by atoms with E-state index in [4.69, 9.17) is 11.1 Å². The fourth-order valence-electron chi connectivity index (χ4n) is 1.06. The lowest BCUT2D eigenvalue weighted by molar-refractivity contribution is -0.105. The summed E-state index contributed by atoms with van der Waals surface area (Å²) in [5.41, 5.74) is 5.75. The summed E-state index contributed by atoms with van der Waals surface area (Å²) in [5.74, 6) is 0.232. The van der Waals surface area contributed by atoms with Gasteiger partial charge in [-0.15, -0.1) is 0 Å². The molecule has 72 valence electrons. The van der Waals surface area contributed by atoms with Crippen LogP contribution < -0.4 is 5.73 Å². The molecule has 0 fully saturated rings. The summed E-state index contributed by atoms with van der Waals surface area (Å²) in [6.45, 7) is 3.90. The van der Waals surface area contributed by atoms with Crippen LogP contribution >= 0.6 is 0 Å². The van der Waals surface area contributed by atoms with Crippen LogP contribution in [-0.4, -0.2) is 12.1 Å². The number of allylic oxidation sites excluding steroid dienone is 3. The molecule has 0 saturated carbocycles. The van der Waals surface area contributed by atoms with Gasteiger partial charge in [-0.3, -0.25) is 10.2 Å². The minimum absolute atomic E-state index is 0.0195. The second kappa shape index (κ2) is 6.17. The van der Waals surface area contributed by atoms with E-state index in [1.54, 1.807) is 0 Å². The third-order valence-electron chi connectivity index (χ3n) is 1.52. The average molecular weight is 180 g/mol. The zero-order valence-electron chi connectivity index (χ0n) is 8.08. The van der Waals surface area contributed by atoms with E-state index in [0.29, 0.717) is 5.57 Å². The van der Waals surface area contributed by atoms with Crippen molar-refractivity contribution in [1.29, 1.82) is 5.41 Å². The summed E-state index contributed by atoms with van der Waals surface area (Å²) in [6, 6.07) is 0. The Morgan fingerprint density at radius 1 is 1.62 bits per heavy atom. The highest BCUT2D eigenvalue weighted by molar-refractivity contribution is 5.87. The Kier molecular flexibility index (Phi) is 5.52. The van der Waals surface area contributed by atoms with E-state index in [0.717, 1.165) is 6.29 Å². The molecule has 0 aromatic carbocycles. The standard InChI is InChI=1S/C10H16N2O/c1-3-4-8(2)5-9(7-13)6-10(11)12/h3-5,7-8H,6H2,1-2H3,(H3,11,12)/b4-3-,9-5+. The van der Waals surface area contributed by atoms with Crippen molar-refractivity contribution in [2.24, 2.45) is 11.7 Å². The predicted octanol–water partition coefficient (Wildman–Crippen LogP) is 1.65. The molecule has 0 spiro atoms. The van der Waals surface area contributed by atoms with Gasteiger partial charge in [0.2, 0.25) is 0 Å². The van der Waals surface area contributed by atoms with Gasteiger partial charge in [0.15, 0.2) is 0 Å². The van der Waals surface area contributed by atoms with Gasteiger partial charge in [-0.25, -0.2) is 0 Å². The normalized spacial score (nSPS) is 14.5. The molecule has 0 aliphatic heterocycles. The summed E-state index contributed by atoms with van der Waals surface area (Å²) < 4.78 is 0. The summed E-state index contributed by atoms with van der Waals surface area (Å²) in [5, 5.41) is 7.03. The second-order valence-electron chi connectivity index (χ2n) is 2.95. The van der Waals surface area contributed by atoms with Crippen LogP contribution in [0.2, 0.25) is 0 Å². The number of nitrogens with two attached hydrogens (primary N) is 1. The third-order valence-corrected chi connectivity index (χ3v) is 1.52. The Hall–Kier alpha value is -1.38. The highest BCUT2D eigenvalue weighted by Crippen LogP contribution is 2.06. The maximum Gasteiger partial charge on any atom is 0.146 e. The molecule has 0 radical (unpaired) electrons. The van der Waals surface area contributed by atoms with Gasteiger partial charge in [0, 0.05) is 6.42 Å². The largest absolute Gasteiger partial charge is 0.387 e. The van der Waals surface area contributed by atoms with Crippen LogP contribution in [0.1, 0.15) is 20.3 Å². The molecule has 0 aliphatic carbocycles. The lowest BCUT2D eigenvalue weighted by atomic mass is 10.1. The lowest BCUT2D eigenvalue weighted by Crippen LogP contribution is -2.11. The van der Waals surface area contributed by atoms with Crippen molar-refractivity contribution in [2.45, 2.75) is 20.3 Å². The smallest absolute Gasteiger partial charge is 0.146 e. The lowest BCUT2D eigenvalue weighted by Gasteiger charge is -2.01. The van der Waals surface area contributed by atoms with Gasteiger partial charge in [-0.05, 0) is 18.4 Å². The average Bonchev–Trinajstić information content (AvgIpc) is 2.02. The number of nitrogens with one attached hydrogen (secondary N) is 1. The molecule has 1 atom stereocenters. The van der Waals surface area contributed by atoms with Crippen LogP contribution in [0.4, 0.5) is 0 Å². The Bertz CT molecular complexity index is 241. The summed E-state index contributed by atoms with van der Waals surface area (Å²) in [7, 11) is 0. The number of amidine groups is 1. The first kappa shape index (κ1) is 11.6. The molecule has 0 amide bonds. The Morgan fingerprint density at radius 3 is 2.62 bits per heavy atom. The van der Waals surface area contributed by atoms with E-state index in [2.05, 4.69) is 0 Å². The maximum absolute atomic E-state index is 10.5. The Morgan fingerprint density at radius 2 is 2.23 bits per heavy atom. The zero-order chi connectivity index (χ0) is 10.3. The minimum atomic E-state index is 0.0195. The first-order chi connectivity index (χ1) is 6.10. The van der Waals surface area contributed by atoms with E-state index in [1.165, 1.54) is 0 Å². The van der Waals surface area contributed by atoms with Crippen molar-refractivity contribution in [1.82, 2.24) is 0 Å². The highest BCUT2D eigenvalue weighted by Gasteiger charge is 1.99. The van der Waals surface area contributed by atoms with Crippen LogP contribution in [0, 0.1) is 11.3 Å². The van der Waals surface area contributed by atoms with Crippen LogP contribution in [0.15, 0.2) is 23.8 Å². The SMILES string of the molecule is C/C=C\C(C)/C=C(/C=O)CC(=N)N. The number of carbonyl (C=O) groups is 1. The van der Waals surface area contributed by atoms with E-state index in [-0.39, 0.29) is 18.2 Å². The first-order valence-corrected chi connectivity index (χ1v) is 4.21. The molecule has 13 heavy (non-hydrogen) atoms. The third kappa shape index (κ3) is 5.84. The molecule has 0 aromatic rings. The van der Waals surface area contributed by atoms with E-state index in [9.17, 15) is 4.79 Å². The van der Waals surface area contributed by atoms with Gasteiger partial charge in [-0.2, -0.15) is 0 Å². The van der Waals surface area contributed by atoms with Gasteiger partial charge >= 0.3 is 0 Å². The Balaban J connectivity index is 4.36. The molecule has 3 nitrogen and oxygen atoms in total. The van der Waals surface area contributed by atoms with Gasteiger partial charge in [0.05, 0.1) is 5.84 Å². The van der Waals surface area contributed by atoms with Crippen molar-refractivity contribution >= 4 is 12.1 Å². The van der Waals surface area contributed by atoms with Gasteiger partial charge in [0.25, 0.3) is 0 Å². The monoisotopic (exact) mass is 180 g/mol. The van der Waals surface area contributed by atoms with Crippen molar-refractivity contribution in [3.63, 3.8) is 0 Å². The van der Waals surface area contributed by atoms with Crippen LogP contribution in [0.25, 0.3) is 0 Å². The van der Waals surface area contributed by atoms with Crippen LogP contribution in [-0.2, 0) is 4.79 Å². The summed E-state index contributed by atoms with van der Waals surface area (Å²) in [6.07, 6.45) is 6.71. The minimum Gasteiger partial charge on any atom is -0.387 e. The topological polar surface area (TPSA) is 66.9 Å². The predicted molar refractivity (Wildman–Crippen MR) is 54.7 cm³/mol. The van der Waals surface area contributed by atoms with Crippen molar-refractivity contribution in [3.05, 3.63) is 23.8 Å². The van der Waals surface area contributed by atoms with Crippen molar-refractivity contribution in [3.8, 4) is 0 Å². The second-order valence-corrected chi connectivity index (χ2v) is 2.95. The molecule has 0 heterocycles. The first-order valence-electron chi connectivity index (χ1n) is 4.21. The van der Waals surface area contributed by atoms with Crippen molar-refractivity contribution in [2.75, 3.05) is 0 Å². The summed E-state index contributed by atoms with van der Waals surface area (Å²) >= 11 is 0. The molecule has 1 unspecified atom stereocenters. The van der Waals surface area contributed by atoms with Crippen LogP contribution in [0.3, 0.4) is 0 Å². The number of carbonyl (C=O) groups excluding carboxylic acids is 1. The number of rotatable bonds is 5. The number of hydrogen-bond donors (Lipinski definition) is 2. The molecule has 0 rings (SSSR count).